The van der Waals surface area contributed by atoms with Crippen LogP contribution in [-0.2, 0) is 7.05 Å². The molecule has 0 atom stereocenters. The molecular weight excluding hydrogens is 292 g/mol. The average Bonchev–Trinajstić information content (AvgIpc) is 2.89. The van der Waals surface area contributed by atoms with Gasteiger partial charge >= 0.3 is 0 Å². The molecule has 0 aliphatic rings. The molecule has 0 radical (unpaired) electrons. The number of fused-ring (bicyclic) bond motifs is 1. The number of nitrogens with zero attached hydrogens (tertiary/aromatic N) is 2. The summed E-state index contributed by atoms with van der Waals surface area (Å²) in [6.45, 7) is 0. The second kappa shape index (κ2) is 5.88. The maximum Gasteiger partial charge on any atom is 0.280 e. The molecule has 3 rings (SSSR count). The highest BCUT2D eigenvalue weighted by Gasteiger charge is 2.17. The summed E-state index contributed by atoms with van der Waals surface area (Å²) in [6.07, 6.45) is 5.00. The van der Waals surface area contributed by atoms with Crippen LogP contribution in [0.25, 0.3) is 17.0 Å². The molecule has 5 nitrogen and oxygen atoms in total. The fraction of sp³-hybridized carbons (Fsp3) is 0.0556. The van der Waals surface area contributed by atoms with Gasteiger partial charge in [-0.15, -0.1) is 0 Å². The zero-order valence-electron chi connectivity index (χ0n) is 12.5. The van der Waals surface area contributed by atoms with Crippen molar-refractivity contribution in [2.75, 3.05) is 0 Å². The van der Waals surface area contributed by atoms with Crippen molar-refractivity contribution in [2.24, 2.45) is 7.05 Å². The van der Waals surface area contributed by atoms with E-state index in [4.69, 9.17) is 0 Å². The molecular formula is C18H14N2O3. The van der Waals surface area contributed by atoms with Crippen LogP contribution in [0.5, 0.6) is 0 Å². The lowest BCUT2D eigenvalue weighted by Crippen LogP contribution is -2.00. The first kappa shape index (κ1) is 14.7. The molecule has 0 amide bonds. The molecule has 3 aromatic rings. The SMILES string of the molecule is Cn1cc(/C=C/C(=O)c2ccccc2[N+](=O)[O-])c2ccccc21. The van der Waals surface area contributed by atoms with Gasteiger partial charge in [0.15, 0.2) is 5.78 Å². The van der Waals surface area contributed by atoms with E-state index in [1.165, 1.54) is 18.2 Å². The van der Waals surface area contributed by atoms with E-state index < -0.39 is 4.92 Å². The van der Waals surface area contributed by atoms with Crippen LogP contribution in [-0.4, -0.2) is 15.3 Å². The summed E-state index contributed by atoms with van der Waals surface area (Å²) in [4.78, 5) is 22.7. The van der Waals surface area contributed by atoms with Gasteiger partial charge in [0.25, 0.3) is 5.69 Å². The third kappa shape index (κ3) is 2.76. The smallest absolute Gasteiger partial charge is 0.280 e. The summed E-state index contributed by atoms with van der Waals surface area (Å²) in [6, 6.07) is 13.8. The first-order chi connectivity index (χ1) is 11.1. The van der Waals surface area contributed by atoms with Gasteiger partial charge in [-0.2, -0.15) is 0 Å². The van der Waals surface area contributed by atoms with Crippen molar-refractivity contribution in [3.05, 3.63) is 82.0 Å². The Hall–Kier alpha value is -3.21. The van der Waals surface area contributed by atoms with Gasteiger partial charge in [0.05, 0.1) is 10.5 Å². The molecule has 1 aromatic heterocycles. The van der Waals surface area contributed by atoms with Crippen LogP contribution in [0.3, 0.4) is 0 Å². The number of hydrogen-bond acceptors (Lipinski definition) is 3. The predicted molar refractivity (Wildman–Crippen MR) is 89.4 cm³/mol. The van der Waals surface area contributed by atoms with E-state index in [-0.39, 0.29) is 17.0 Å². The van der Waals surface area contributed by atoms with Gasteiger partial charge in [0.2, 0.25) is 0 Å². The van der Waals surface area contributed by atoms with Crippen LogP contribution in [0.1, 0.15) is 15.9 Å². The number of nitro benzene ring substituents is 1. The van der Waals surface area contributed by atoms with Crippen molar-refractivity contribution in [3.8, 4) is 0 Å². The van der Waals surface area contributed by atoms with Crippen LogP contribution in [0, 0.1) is 10.1 Å². The number of rotatable bonds is 4. The Morgan fingerprint density at radius 3 is 2.61 bits per heavy atom. The summed E-state index contributed by atoms with van der Waals surface area (Å²) in [5.74, 6) is -0.384. The normalized spacial score (nSPS) is 11.2. The van der Waals surface area contributed by atoms with E-state index in [1.54, 1.807) is 18.2 Å². The summed E-state index contributed by atoms with van der Waals surface area (Å²) in [5.41, 5.74) is 1.87. The van der Waals surface area contributed by atoms with Crippen LogP contribution in [0.2, 0.25) is 0 Å². The third-order valence-electron chi connectivity index (χ3n) is 3.71. The fourth-order valence-electron chi connectivity index (χ4n) is 2.60. The third-order valence-corrected chi connectivity index (χ3v) is 3.71. The number of carbonyl (C=O) groups excluding carboxylic acids is 1. The van der Waals surface area contributed by atoms with E-state index in [1.807, 2.05) is 42.1 Å². The number of ketones is 1. The number of para-hydroxylation sites is 2. The topological polar surface area (TPSA) is 65.1 Å². The van der Waals surface area contributed by atoms with Gasteiger partial charge < -0.3 is 4.57 Å². The molecule has 0 aliphatic heterocycles. The zero-order valence-corrected chi connectivity index (χ0v) is 12.5. The fourth-order valence-corrected chi connectivity index (χ4v) is 2.60. The van der Waals surface area contributed by atoms with E-state index in [9.17, 15) is 14.9 Å². The maximum absolute atomic E-state index is 12.3. The lowest BCUT2D eigenvalue weighted by Gasteiger charge is -1.98. The Morgan fingerprint density at radius 1 is 1.13 bits per heavy atom. The van der Waals surface area contributed by atoms with Crippen molar-refractivity contribution in [1.82, 2.24) is 4.57 Å². The molecule has 0 N–H and O–H groups in total. The highest BCUT2D eigenvalue weighted by Crippen LogP contribution is 2.23. The lowest BCUT2D eigenvalue weighted by molar-refractivity contribution is -0.385. The number of hydrogen-bond donors (Lipinski definition) is 0. The highest BCUT2D eigenvalue weighted by atomic mass is 16.6. The van der Waals surface area contributed by atoms with Crippen LogP contribution < -0.4 is 0 Å². The number of benzene rings is 2. The highest BCUT2D eigenvalue weighted by molar-refractivity contribution is 6.10. The summed E-state index contributed by atoms with van der Waals surface area (Å²) in [5, 5.41) is 12.0. The Kier molecular flexibility index (Phi) is 3.76. The van der Waals surface area contributed by atoms with Gasteiger partial charge in [0.1, 0.15) is 0 Å². The molecule has 0 saturated carbocycles. The standard InChI is InChI=1S/C18H14N2O3/c1-19-12-13(14-6-2-4-8-16(14)19)10-11-18(21)15-7-3-5-9-17(15)20(22)23/h2-12H,1H3/b11-10+. The molecule has 5 heteroatoms. The van der Waals surface area contributed by atoms with Gasteiger partial charge in [-0.25, -0.2) is 0 Å². The molecule has 23 heavy (non-hydrogen) atoms. The molecule has 0 aliphatic carbocycles. The van der Waals surface area contributed by atoms with Crippen molar-refractivity contribution >= 4 is 28.4 Å². The molecule has 114 valence electrons. The van der Waals surface area contributed by atoms with E-state index in [0.29, 0.717) is 0 Å². The summed E-state index contributed by atoms with van der Waals surface area (Å²) >= 11 is 0. The Bertz CT molecular complexity index is 938. The molecule has 1 heterocycles. The van der Waals surface area contributed by atoms with Gasteiger partial charge in [0, 0.05) is 35.8 Å². The number of aryl methyl sites for hydroxylation is 1. The minimum absolute atomic E-state index is 0.0917. The minimum Gasteiger partial charge on any atom is -0.350 e. The number of nitro groups is 1. The van der Waals surface area contributed by atoms with Crippen LogP contribution >= 0.6 is 0 Å². The maximum atomic E-state index is 12.3. The summed E-state index contributed by atoms with van der Waals surface area (Å²) in [7, 11) is 1.93. The van der Waals surface area contributed by atoms with Crippen molar-refractivity contribution in [3.63, 3.8) is 0 Å². The monoisotopic (exact) mass is 306 g/mol. The van der Waals surface area contributed by atoms with Crippen molar-refractivity contribution in [2.45, 2.75) is 0 Å². The summed E-state index contributed by atoms with van der Waals surface area (Å²) < 4.78 is 1.98. The molecule has 0 spiro atoms. The second-order valence-corrected chi connectivity index (χ2v) is 5.18. The molecule has 0 unspecified atom stereocenters. The Balaban J connectivity index is 1.97. The molecule has 0 bridgehead atoms. The number of carbonyl (C=O) groups is 1. The first-order valence-electron chi connectivity index (χ1n) is 7.08. The van der Waals surface area contributed by atoms with Crippen molar-refractivity contribution in [1.29, 1.82) is 0 Å². The molecule has 0 saturated heterocycles. The van der Waals surface area contributed by atoms with Gasteiger partial charge in [-0.3, -0.25) is 14.9 Å². The largest absolute Gasteiger partial charge is 0.350 e. The number of aromatic nitrogens is 1. The Morgan fingerprint density at radius 2 is 1.83 bits per heavy atom. The zero-order chi connectivity index (χ0) is 16.4. The predicted octanol–water partition coefficient (Wildman–Crippen LogP) is 3.98. The second-order valence-electron chi connectivity index (χ2n) is 5.18. The van der Waals surface area contributed by atoms with E-state index in [2.05, 4.69) is 0 Å². The first-order valence-corrected chi connectivity index (χ1v) is 7.08. The lowest BCUT2D eigenvalue weighted by atomic mass is 10.1. The minimum atomic E-state index is -0.543. The van der Waals surface area contributed by atoms with Gasteiger partial charge in [-0.05, 0) is 24.3 Å². The Labute approximate surface area is 132 Å². The molecule has 0 fully saturated rings. The number of allylic oxidation sites excluding steroid dienone is 1. The molecule has 2 aromatic carbocycles. The van der Waals surface area contributed by atoms with Gasteiger partial charge in [-0.1, -0.05) is 30.3 Å². The van der Waals surface area contributed by atoms with Crippen molar-refractivity contribution < 1.29 is 9.72 Å². The average molecular weight is 306 g/mol. The van der Waals surface area contributed by atoms with Crippen LogP contribution in [0.15, 0.2) is 60.8 Å². The van der Waals surface area contributed by atoms with Crippen LogP contribution in [0.4, 0.5) is 5.69 Å². The van der Waals surface area contributed by atoms with E-state index >= 15 is 0 Å². The van der Waals surface area contributed by atoms with E-state index in [0.717, 1.165) is 16.5 Å². The quantitative estimate of drug-likeness (QED) is 0.317.